The van der Waals surface area contributed by atoms with Crippen LogP contribution < -0.4 is 10.6 Å². The first-order valence-corrected chi connectivity index (χ1v) is 13.8. The number of hydrogen-bond acceptors (Lipinski definition) is 7. The van der Waals surface area contributed by atoms with Gasteiger partial charge >= 0.3 is 5.97 Å². The number of nitrogens with one attached hydrogen (secondary N) is 2. The summed E-state index contributed by atoms with van der Waals surface area (Å²) in [5.41, 5.74) is 0. The number of carbonyl (C=O) groups excluding carboxylic acids is 4. The SMILES string of the molecule is CC(C)CCCCC(=O)N(O)CCCCCNC(=O)CCC(=O)N(O)CCCCCNC(=O)CCC(=O)O. The Morgan fingerprint density at radius 2 is 1.08 bits per heavy atom. The Kier molecular flexibility index (Phi) is 20.7. The fourth-order valence-corrected chi connectivity index (χ4v) is 3.54. The van der Waals surface area contributed by atoms with Gasteiger partial charge in [0, 0.05) is 51.9 Å². The number of carboxylic acids is 1. The van der Waals surface area contributed by atoms with E-state index in [0.717, 1.165) is 30.7 Å². The predicted octanol–water partition coefficient (Wildman–Crippen LogP) is 2.86. The molecule has 0 aromatic heterocycles. The Morgan fingerprint density at radius 1 is 0.605 bits per heavy atom. The molecule has 0 fully saturated rings. The third kappa shape index (κ3) is 21.4. The molecule has 0 aromatic rings. The Bertz CT molecular complexity index is 717. The van der Waals surface area contributed by atoms with Crippen LogP contribution in [0.5, 0.6) is 0 Å². The highest BCUT2D eigenvalue weighted by molar-refractivity contribution is 5.83. The quantitative estimate of drug-likeness (QED) is 0.0740. The van der Waals surface area contributed by atoms with Gasteiger partial charge in [-0.05, 0) is 50.9 Å². The topological polar surface area (TPSA) is 177 Å². The molecule has 0 aromatic carbocycles. The number of carboxylic acid groups (broad SMARTS) is 1. The molecule has 0 saturated heterocycles. The van der Waals surface area contributed by atoms with Crippen molar-refractivity contribution >= 4 is 29.6 Å². The predicted molar refractivity (Wildman–Crippen MR) is 140 cm³/mol. The summed E-state index contributed by atoms with van der Waals surface area (Å²) in [6.07, 6.45) is 6.59. The third-order valence-corrected chi connectivity index (χ3v) is 5.87. The molecule has 38 heavy (non-hydrogen) atoms. The molecule has 12 nitrogen and oxygen atoms in total. The van der Waals surface area contributed by atoms with Gasteiger partial charge in [-0.3, -0.25) is 34.4 Å². The zero-order chi connectivity index (χ0) is 28.8. The first-order chi connectivity index (χ1) is 18.0. The number of unbranched alkanes of at least 4 members (excludes halogenated alkanes) is 5. The number of aliphatic carboxylic acids is 1. The van der Waals surface area contributed by atoms with Crippen molar-refractivity contribution in [2.75, 3.05) is 26.2 Å². The Balaban J connectivity index is 3.72. The first-order valence-electron chi connectivity index (χ1n) is 13.8. The second-order valence-corrected chi connectivity index (χ2v) is 9.89. The maximum absolute atomic E-state index is 12.0. The Morgan fingerprint density at radius 3 is 1.55 bits per heavy atom. The van der Waals surface area contributed by atoms with E-state index in [0.29, 0.717) is 62.6 Å². The minimum atomic E-state index is -1.02. The van der Waals surface area contributed by atoms with E-state index in [2.05, 4.69) is 24.5 Å². The molecule has 0 heterocycles. The molecule has 0 unspecified atom stereocenters. The molecule has 0 rings (SSSR count). The number of rotatable bonds is 23. The van der Waals surface area contributed by atoms with Crippen LogP contribution in [0.15, 0.2) is 0 Å². The number of hydrogen-bond donors (Lipinski definition) is 5. The molecular weight excluding hydrogens is 496 g/mol. The monoisotopic (exact) mass is 544 g/mol. The summed E-state index contributed by atoms with van der Waals surface area (Å²) in [7, 11) is 0. The maximum Gasteiger partial charge on any atom is 0.303 e. The number of carbonyl (C=O) groups is 5. The molecular formula is C26H48N4O8. The van der Waals surface area contributed by atoms with Crippen molar-refractivity contribution in [3.05, 3.63) is 0 Å². The highest BCUT2D eigenvalue weighted by atomic mass is 16.5. The van der Waals surface area contributed by atoms with E-state index in [-0.39, 0.29) is 56.5 Å². The van der Waals surface area contributed by atoms with E-state index < -0.39 is 11.9 Å². The van der Waals surface area contributed by atoms with Crippen LogP contribution in [0.3, 0.4) is 0 Å². The fourth-order valence-electron chi connectivity index (χ4n) is 3.54. The number of nitrogens with zero attached hydrogens (tertiary/aromatic N) is 2. The molecule has 0 aliphatic heterocycles. The van der Waals surface area contributed by atoms with Crippen LogP contribution in [-0.4, -0.2) is 81.4 Å². The highest BCUT2D eigenvalue weighted by Crippen LogP contribution is 2.09. The van der Waals surface area contributed by atoms with Gasteiger partial charge in [0.25, 0.3) is 0 Å². The van der Waals surface area contributed by atoms with E-state index in [4.69, 9.17) is 5.11 Å². The van der Waals surface area contributed by atoms with Gasteiger partial charge in [0.2, 0.25) is 23.6 Å². The molecule has 0 spiro atoms. The minimum Gasteiger partial charge on any atom is -0.481 e. The van der Waals surface area contributed by atoms with Crippen molar-refractivity contribution in [3.63, 3.8) is 0 Å². The van der Waals surface area contributed by atoms with Gasteiger partial charge in [0.15, 0.2) is 0 Å². The summed E-state index contributed by atoms with van der Waals surface area (Å²) in [5.74, 6) is -1.83. The zero-order valence-electron chi connectivity index (χ0n) is 23.1. The van der Waals surface area contributed by atoms with Crippen LogP contribution in [0.2, 0.25) is 0 Å². The average Bonchev–Trinajstić information content (AvgIpc) is 2.87. The van der Waals surface area contributed by atoms with Crippen molar-refractivity contribution in [2.45, 2.75) is 104 Å². The van der Waals surface area contributed by atoms with Gasteiger partial charge < -0.3 is 15.7 Å². The number of hydroxylamine groups is 4. The van der Waals surface area contributed by atoms with Crippen molar-refractivity contribution in [2.24, 2.45) is 5.92 Å². The van der Waals surface area contributed by atoms with E-state index >= 15 is 0 Å². The van der Waals surface area contributed by atoms with Crippen LogP contribution in [0.25, 0.3) is 0 Å². The van der Waals surface area contributed by atoms with Gasteiger partial charge in [0.1, 0.15) is 0 Å². The van der Waals surface area contributed by atoms with Crippen molar-refractivity contribution in [3.8, 4) is 0 Å². The van der Waals surface area contributed by atoms with Crippen molar-refractivity contribution in [1.82, 2.24) is 20.8 Å². The first kappa shape index (κ1) is 35.3. The number of amides is 4. The Labute approximate surface area is 226 Å². The van der Waals surface area contributed by atoms with Gasteiger partial charge in [-0.25, -0.2) is 10.1 Å². The highest BCUT2D eigenvalue weighted by Gasteiger charge is 2.13. The molecule has 0 bridgehead atoms. The summed E-state index contributed by atoms with van der Waals surface area (Å²) >= 11 is 0. The maximum atomic E-state index is 12.0. The molecule has 0 aliphatic carbocycles. The van der Waals surface area contributed by atoms with E-state index in [1.807, 2.05) is 0 Å². The Hall–Kier alpha value is -2.73. The molecule has 0 atom stereocenters. The van der Waals surface area contributed by atoms with E-state index in [1.54, 1.807) is 0 Å². The molecule has 220 valence electrons. The van der Waals surface area contributed by atoms with E-state index in [9.17, 15) is 34.4 Å². The van der Waals surface area contributed by atoms with Crippen molar-refractivity contribution < 1.29 is 39.5 Å². The molecule has 4 amide bonds. The summed E-state index contributed by atoms with van der Waals surface area (Å²) in [4.78, 5) is 57.6. The standard InChI is InChI=1S/C26H48N4O8/c1-21(2)11-5-6-12-24(33)29(37)19-9-3-7-17-27-22(31)13-15-25(34)30(38)20-10-4-8-18-28-23(32)14-16-26(35)36/h21,37-38H,3-20H2,1-2H3,(H,27,31)(H,28,32)(H,35,36). The largest absolute Gasteiger partial charge is 0.481 e. The summed E-state index contributed by atoms with van der Waals surface area (Å²) in [6.45, 7) is 5.48. The van der Waals surface area contributed by atoms with Gasteiger partial charge in [-0.2, -0.15) is 0 Å². The van der Waals surface area contributed by atoms with Crippen LogP contribution >= 0.6 is 0 Å². The lowest BCUT2D eigenvalue weighted by molar-refractivity contribution is -0.166. The summed E-state index contributed by atoms with van der Waals surface area (Å²) < 4.78 is 0. The molecule has 0 radical (unpaired) electrons. The molecule has 0 saturated carbocycles. The lowest BCUT2D eigenvalue weighted by Gasteiger charge is -2.15. The van der Waals surface area contributed by atoms with E-state index in [1.165, 1.54) is 0 Å². The fraction of sp³-hybridized carbons (Fsp3) is 0.808. The van der Waals surface area contributed by atoms with Gasteiger partial charge in [0.05, 0.1) is 6.42 Å². The lowest BCUT2D eigenvalue weighted by atomic mass is 10.1. The summed E-state index contributed by atoms with van der Waals surface area (Å²) in [6, 6.07) is 0. The van der Waals surface area contributed by atoms with Crippen LogP contribution in [0, 0.1) is 5.92 Å². The van der Waals surface area contributed by atoms with Gasteiger partial charge in [-0.15, -0.1) is 0 Å². The second kappa shape index (κ2) is 22.3. The molecule has 0 aliphatic rings. The zero-order valence-corrected chi connectivity index (χ0v) is 23.1. The van der Waals surface area contributed by atoms with Crippen LogP contribution in [0.4, 0.5) is 0 Å². The lowest BCUT2D eigenvalue weighted by Crippen LogP contribution is -2.31. The van der Waals surface area contributed by atoms with Crippen LogP contribution in [0.1, 0.15) is 104 Å². The third-order valence-electron chi connectivity index (χ3n) is 5.87. The van der Waals surface area contributed by atoms with Gasteiger partial charge in [-0.1, -0.05) is 26.7 Å². The molecule has 5 N–H and O–H groups in total. The van der Waals surface area contributed by atoms with Crippen molar-refractivity contribution in [1.29, 1.82) is 0 Å². The average molecular weight is 545 g/mol. The second-order valence-electron chi connectivity index (χ2n) is 9.89. The van der Waals surface area contributed by atoms with Crippen LogP contribution in [-0.2, 0) is 24.0 Å². The summed E-state index contributed by atoms with van der Waals surface area (Å²) in [5, 5.41) is 34.9. The molecule has 12 heteroatoms. The smallest absolute Gasteiger partial charge is 0.303 e. The minimum absolute atomic E-state index is 0.0337. The normalized spacial score (nSPS) is 10.8.